The van der Waals surface area contributed by atoms with Crippen LogP contribution in [0.25, 0.3) is 16.9 Å². The van der Waals surface area contributed by atoms with Gasteiger partial charge in [0, 0.05) is 23.4 Å². The van der Waals surface area contributed by atoms with Crippen LogP contribution < -0.4 is 11.5 Å². The summed E-state index contributed by atoms with van der Waals surface area (Å²) in [6.45, 7) is 0. The van der Waals surface area contributed by atoms with Crippen LogP contribution in [0.5, 0.6) is 0 Å². The van der Waals surface area contributed by atoms with Gasteiger partial charge in [0.15, 0.2) is 11.6 Å². The average Bonchev–Trinajstić information content (AvgIpc) is 2.99. The number of nitrogen functional groups attached to an aromatic ring is 2. The van der Waals surface area contributed by atoms with Crippen LogP contribution in [0.2, 0.25) is 0 Å². The Kier molecular flexibility index (Phi) is 4.10. The Hall–Kier alpha value is -3.69. The Bertz CT molecular complexity index is 1200. The van der Waals surface area contributed by atoms with E-state index in [2.05, 4.69) is 15.1 Å². The quantitative estimate of drug-likeness (QED) is 0.415. The summed E-state index contributed by atoms with van der Waals surface area (Å²) in [4.78, 5) is 8.06. The van der Waals surface area contributed by atoms with Gasteiger partial charge < -0.3 is 11.5 Å². The van der Waals surface area contributed by atoms with Crippen LogP contribution >= 0.6 is 0 Å². The Balaban J connectivity index is 1.93. The zero-order valence-electron chi connectivity index (χ0n) is 14.1. The number of hydrogen-bond acceptors (Lipinski definition) is 5. The zero-order chi connectivity index (χ0) is 20.0. The number of fused-ring (bicyclic) bond motifs is 1. The van der Waals surface area contributed by atoms with E-state index in [1.165, 1.54) is 22.9 Å². The van der Waals surface area contributed by atoms with E-state index in [1.54, 1.807) is 0 Å². The van der Waals surface area contributed by atoms with E-state index < -0.39 is 35.3 Å². The fraction of sp³-hybridized carbons (Fsp3) is 0.0556. The summed E-state index contributed by atoms with van der Waals surface area (Å²) in [5, 5.41) is 4.51. The van der Waals surface area contributed by atoms with Gasteiger partial charge in [-0.1, -0.05) is 0 Å². The molecule has 28 heavy (non-hydrogen) atoms. The molecule has 2 heterocycles. The fourth-order valence-electron chi connectivity index (χ4n) is 2.90. The molecule has 4 N–H and O–H groups in total. The van der Waals surface area contributed by atoms with Crippen molar-refractivity contribution in [1.82, 2.24) is 19.7 Å². The van der Waals surface area contributed by atoms with Crippen LogP contribution in [0.3, 0.4) is 0 Å². The highest BCUT2D eigenvalue weighted by Crippen LogP contribution is 2.27. The van der Waals surface area contributed by atoms with Gasteiger partial charge in [-0.3, -0.25) is 0 Å². The first-order valence-corrected chi connectivity index (χ1v) is 8.03. The monoisotopic (exact) mass is 388 g/mol. The lowest BCUT2D eigenvalue weighted by molar-refractivity contribution is 0.482. The molecule has 0 saturated heterocycles. The number of nitrogens with two attached hydrogens (primary N) is 2. The van der Waals surface area contributed by atoms with Gasteiger partial charge in [-0.2, -0.15) is 19.7 Å². The molecule has 0 amide bonds. The molecule has 0 bridgehead atoms. The van der Waals surface area contributed by atoms with Crippen molar-refractivity contribution in [2.24, 2.45) is 0 Å². The molecule has 4 rings (SSSR count). The molecule has 0 radical (unpaired) electrons. The van der Waals surface area contributed by atoms with Gasteiger partial charge in [0.1, 0.15) is 23.3 Å². The van der Waals surface area contributed by atoms with E-state index in [-0.39, 0.29) is 28.7 Å². The third kappa shape index (κ3) is 2.98. The summed E-state index contributed by atoms with van der Waals surface area (Å²) < 4.78 is 56.7. The van der Waals surface area contributed by atoms with Crippen molar-refractivity contribution in [3.8, 4) is 5.95 Å². The minimum Gasteiger partial charge on any atom is -0.383 e. The second-order valence-corrected chi connectivity index (χ2v) is 6.04. The van der Waals surface area contributed by atoms with E-state index in [1.807, 2.05) is 0 Å². The third-order valence-corrected chi connectivity index (χ3v) is 4.14. The largest absolute Gasteiger partial charge is 0.383 e. The first kappa shape index (κ1) is 17.7. The minimum absolute atomic E-state index is 0.000504. The van der Waals surface area contributed by atoms with Crippen molar-refractivity contribution in [2.75, 3.05) is 11.5 Å². The molecule has 2 aromatic heterocycles. The highest BCUT2D eigenvalue weighted by atomic mass is 19.2. The number of halogens is 4. The van der Waals surface area contributed by atoms with E-state index in [4.69, 9.17) is 11.5 Å². The van der Waals surface area contributed by atoms with Crippen LogP contribution in [0.4, 0.5) is 29.2 Å². The highest BCUT2D eigenvalue weighted by molar-refractivity contribution is 5.83. The fourth-order valence-corrected chi connectivity index (χ4v) is 2.90. The van der Waals surface area contributed by atoms with Crippen LogP contribution in [-0.4, -0.2) is 19.7 Å². The van der Waals surface area contributed by atoms with Crippen LogP contribution in [0.1, 0.15) is 11.3 Å². The predicted molar refractivity (Wildman–Crippen MR) is 94.6 cm³/mol. The molecular formula is C18H12F4N6. The van der Waals surface area contributed by atoms with Crippen LogP contribution in [0, 0.1) is 23.3 Å². The molecule has 0 aliphatic heterocycles. The van der Waals surface area contributed by atoms with E-state index in [0.717, 1.165) is 12.1 Å². The first-order valence-electron chi connectivity index (χ1n) is 8.03. The molecule has 0 atom stereocenters. The topological polar surface area (TPSA) is 95.6 Å². The number of hydrogen-bond donors (Lipinski definition) is 2. The minimum atomic E-state index is -1.33. The summed E-state index contributed by atoms with van der Waals surface area (Å²) >= 11 is 0. The molecule has 142 valence electrons. The summed E-state index contributed by atoms with van der Waals surface area (Å²) in [5.74, 6) is -3.89. The molecule has 4 aromatic rings. The van der Waals surface area contributed by atoms with E-state index in [9.17, 15) is 17.6 Å². The molecule has 6 nitrogen and oxygen atoms in total. The van der Waals surface area contributed by atoms with Crippen LogP contribution in [0.15, 0.2) is 36.4 Å². The molecule has 10 heteroatoms. The molecule has 0 aliphatic carbocycles. The summed E-state index contributed by atoms with van der Waals surface area (Å²) in [6, 6.07) is 6.58. The first-order chi connectivity index (χ1) is 13.3. The number of aromatic nitrogens is 4. The maximum atomic E-state index is 14.1. The lowest BCUT2D eigenvalue weighted by atomic mass is 10.1. The normalized spacial score (nSPS) is 11.3. The lowest BCUT2D eigenvalue weighted by Gasteiger charge is -2.04. The van der Waals surface area contributed by atoms with Crippen LogP contribution in [-0.2, 0) is 6.42 Å². The Morgan fingerprint density at radius 1 is 0.857 bits per heavy atom. The van der Waals surface area contributed by atoms with Gasteiger partial charge in [-0.05, 0) is 30.3 Å². The molecule has 0 saturated carbocycles. The van der Waals surface area contributed by atoms with Crippen molar-refractivity contribution < 1.29 is 17.6 Å². The van der Waals surface area contributed by atoms with Crippen molar-refractivity contribution in [3.63, 3.8) is 0 Å². The average molecular weight is 388 g/mol. The Morgan fingerprint density at radius 2 is 1.54 bits per heavy atom. The molecular weight excluding hydrogens is 376 g/mol. The zero-order valence-corrected chi connectivity index (χ0v) is 14.1. The van der Waals surface area contributed by atoms with Gasteiger partial charge in [-0.15, -0.1) is 0 Å². The molecule has 2 aromatic carbocycles. The maximum absolute atomic E-state index is 14.1. The van der Waals surface area contributed by atoms with E-state index >= 15 is 0 Å². The number of anilines is 2. The summed E-state index contributed by atoms with van der Waals surface area (Å²) in [7, 11) is 0. The van der Waals surface area contributed by atoms with Gasteiger partial charge >= 0.3 is 0 Å². The number of benzene rings is 2. The van der Waals surface area contributed by atoms with Crippen molar-refractivity contribution in [2.45, 2.75) is 6.42 Å². The smallest absolute Gasteiger partial charge is 0.255 e. The second kappa shape index (κ2) is 6.48. The SMILES string of the molecule is Nc1cc(N)nc(-n2nc(Cc3c(F)ccc(F)c3F)c3cc(F)ccc32)n1. The van der Waals surface area contributed by atoms with Gasteiger partial charge in [0.25, 0.3) is 5.95 Å². The third-order valence-electron chi connectivity index (χ3n) is 4.14. The molecule has 0 aliphatic rings. The molecule has 0 fully saturated rings. The molecule has 0 unspecified atom stereocenters. The van der Waals surface area contributed by atoms with Gasteiger partial charge in [0.2, 0.25) is 0 Å². The van der Waals surface area contributed by atoms with Crippen molar-refractivity contribution >= 4 is 22.5 Å². The van der Waals surface area contributed by atoms with Gasteiger partial charge in [-0.25, -0.2) is 17.6 Å². The lowest BCUT2D eigenvalue weighted by Crippen LogP contribution is -2.08. The number of nitrogens with zero attached hydrogens (tertiary/aromatic N) is 4. The maximum Gasteiger partial charge on any atom is 0.255 e. The highest BCUT2D eigenvalue weighted by Gasteiger charge is 2.20. The second-order valence-electron chi connectivity index (χ2n) is 6.04. The van der Waals surface area contributed by atoms with Crippen molar-refractivity contribution in [1.29, 1.82) is 0 Å². The summed E-state index contributed by atoms with van der Waals surface area (Å²) in [5.41, 5.74) is 11.3. The summed E-state index contributed by atoms with van der Waals surface area (Å²) in [6.07, 6.45) is -0.416. The predicted octanol–water partition coefficient (Wildman–Crippen LogP) is 3.13. The van der Waals surface area contributed by atoms with E-state index in [0.29, 0.717) is 11.6 Å². The van der Waals surface area contributed by atoms with Crippen molar-refractivity contribution in [3.05, 3.63) is 70.9 Å². The van der Waals surface area contributed by atoms with Gasteiger partial charge in [0.05, 0.1) is 11.2 Å². The Labute approximate surface area is 155 Å². The Morgan fingerprint density at radius 3 is 2.25 bits per heavy atom. The molecule has 0 spiro atoms. The number of rotatable bonds is 3. The standard InChI is InChI=1S/C18H12F4N6/c19-8-1-4-14-10(5-8)13(6-9-11(20)2-3-12(21)17(9)22)27-28(14)18-25-15(23)7-16(24)26-18/h1-5,7H,6H2,(H4,23,24,25,26).